The largest absolute Gasteiger partial charge is 0.478 e. The minimum absolute atomic E-state index is 0.0181. The summed E-state index contributed by atoms with van der Waals surface area (Å²) < 4.78 is 25.1. The highest BCUT2D eigenvalue weighted by Gasteiger charge is 2.24. The molecular formula is C46H34N4O14. The first-order valence-electron chi connectivity index (χ1n) is 18.6. The number of ether oxygens (including phenoxy) is 3. The number of aromatic carboxylic acids is 2. The fourth-order valence-corrected chi connectivity index (χ4v) is 5.74. The number of furan rings is 2. The summed E-state index contributed by atoms with van der Waals surface area (Å²) in [7, 11) is 1.40. The van der Waals surface area contributed by atoms with E-state index in [0.29, 0.717) is 17.2 Å². The minimum atomic E-state index is -1.42. The van der Waals surface area contributed by atoms with Gasteiger partial charge in [-0.1, -0.05) is 17.7 Å². The Balaban J connectivity index is 0.000000180. The molecule has 0 saturated carbocycles. The zero-order valence-corrected chi connectivity index (χ0v) is 33.5. The number of carboxylic acid groups (broad SMARTS) is 2. The first-order valence-corrected chi connectivity index (χ1v) is 18.6. The summed E-state index contributed by atoms with van der Waals surface area (Å²) in [5.41, 5.74) is 9.61. The lowest BCUT2D eigenvalue weighted by Gasteiger charge is -2.12. The van der Waals surface area contributed by atoms with Crippen molar-refractivity contribution in [3.63, 3.8) is 0 Å². The molecule has 2 aromatic heterocycles. The van der Waals surface area contributed by atoms with E-state index in [4.69, 9.17) is 25.7 Å². The van der Waals surface area contributed by atoms with E-state index in [9.17, 15) is 43.8 Å². The maximum absolute atomic E-state index is 12.8. The lowest BCUT2D eigenvalue weighted by atomic mass is 10.0. The van der Waals surface area contributed by atoms with Crippen molar-refractivity contribution < 1.29 is 47.6 Å². The number of carbonyl (C=O) groups is 3. The summed E-state index contributed by atoms with van der Waals surface area (Å²) in [6, 6.07) is 32.6. The number of nitrogens with zero attached hydrogens (tertiary/aromatic N) is 1. The van der Waals surface area contributed by atoms with Gasteiger partial charge in [0, 0.05) is 24.1 Å². The lowest BCUT2D eigenvalue weighted by molar-refractivity contribution is 0.0677. The third-order valence-corrected chi connectivity index (χ3v) is 8.88. The van der Waals surface area contributed by atoms with Crippen LogP contribution in [0.25, 0.3) is 21.5 Å². The van der Waals surface area contributed by atoms with Crippen molar-refractivity contribution in [2.75, 3.05) is 23.8 Å². The van der Waals surface area contributed by atoms with E-state index < -0.39 is 45.9 Å². The number of benzene rings is 6. The molecule has 18 nitrogen and oxygen atoms in total. The number of hydrogen-bond donors (Lipinski definition) is 5. The average molecular weight is 867 g/mol. The second-order valence-electron chi connectivity index (χ2n) is 13.4. The molecule has 0 unspecified atom stereocenters. The molecule has 0 radical (unpaired) electrons. The van der Waals surface area contributed by atoms with Crippen molar-refractivity contribution >= 4 is 62.9 Å². The van der Waals surface area contributed by atoms with E-state index in [0.717, 1.165) is 59.1 Å². The third-order valence-electron chi connectivity index (χ3n) is 8.88. The summed E-state index contributed by atoms with van der Waals surface area (Å²) in [6.07, 6.45) is 0.966. The fraction of sp³-hybridized carbons (Fsp3) is 0.0435. The number of carboxylic acids is 2. The van der Waals surface area contributed by atoms with Gasteiger partial charge >= 0.3 is 34.4 Å². The summed E-state index contributed by atoms with van der Waals surface area (Å²) in [5, 5.41) is 21.5. The Bertz CT molecular complexity index is 3050. The number of aryl methyl sites for hydroxylation is 1. The predicted octanol–water partition coefficient (Wildman–Crippen LogP) is 6.61. The van der Waals surface area contributed by atoms with Gasteiger partial charge in [-0.3, -0.25) is 9.79 Å². The van der Waals surface area contributed by atoms with Gasteiger partial charge in [0.25, 0.3) is 5.91 Å². The van der Waals surface area contributed by atoms with Crippen molar-refractivity contribution in [2.24, 2.45) is 4.99 Å². The maximum Gasteiger partial charge on any atom is 0.346 e. The van der Waals surface area contributed by atoms with Gasteiger partial charge < -0.3 is 50.0 Å². The molecule has 2 heterocycles. The average Bonchev–Trinajstić information content (AvgIpc) is 3.72. The second kappa shape index (κ2) is 19.4. The van der Waals surface area contributed by atoms with Crippen molar-refractivity contribution in [1.29, 1.82) is 0 Å². The normalized spacial score (nSPS) is 10.7. The molecule has 0 aliphatic rings. The quantitative estimate of drug-likeness (QED) is 0.0549. The number of amides is 1. The maximum atomic E-state index is 12.8. The molecule has 64 heavy (non-hydrogen) atoms. The van der Waals surface area contributed by atoms with Crippen LogP contribution >= 0.6 is 0 Å². The van der Waals surface area contributed by atoms with E-state index in [2.05, 4.69) is 19.1 Å². The Morgan fingerprint density at radius 3 is 1.34 bits per heavy atom. The van der Waals surface area contributed by atoms with Crippen LogP contribution < -0.4 is 53.5 Å². The van der Waals surface area contributed by atoms with Gasteiger partial charge in [-0.2, -0.15) is 0 Å². The monoisotopic (exact) mass is 866 g/mol. The molecule has 322 valence electrons. The van der Waals surface area contributed by atoms with Crippen LogP contribution in [0, 0.1) is 6.92 Å². The SMILES string of the molecule is CN=COc1cc(C(=O)O)c(C(=O)Nc2ccc(Oc3ccc(C)cc3)cc2)cc1C(=O)O.Nc1ccc(Oc2ccc(N)cc2)cc1.O=c1oc(=O)c2cc3c(=O)oc(=O)c3cc12. The molecular weight excluding hydrogens is 833 g/mol. The van der Waals surface area contributed by atoms with E-state index >= 15 is 0 Å². The van der Waals surface area contributed by atoms with E-state index in [-0.39, 0.29) is 38.4 Å². The van der Waals surface area contributed by atoms with Crippen molar-refractivity contribution in [1.82, 2.24) is 0 Å². The van der Waals surface area contributed by atoms with Crippen LogP contribution in [-0.4, -0.2) is 41.5 Å². The standard InChI is InChI=1S/C24H20N2O7.C12H12N2O.C10H2O6/c1-14-3-7-16(8-4-14)33-17-9-5-15(6-10-17)26-22(27)18-11-20(24(30)31)21(32-13-25-2)12-19(18)23(28)29;13-9-1-5-11(6-2-9)15-12-7-3-10(14)4-8-12;11-7-3-1-4-6(10(14)16-8(4)12)2-5(3)9(13)15-7/h3-13H,1-2H3,(H,26,27)(H,28,29)(H,30,31);1-8H,13-14H2;1-2H. The molecule has 0 aliphatic heterocycles. The fourth-order valence-electron chi connectivity index (χ4n) is 5.74. The molecule has 8 aromatic rings. The summed E-state index contributed by atoms with van der Waals surface area (Å²) in [6.45, 7) is 1.97. The molecule has 7 N–H and O–H groups in total. The first-order chi connectivity index (χ1) is 30.6. The molecule has 0 bridgehead atoms. The highest BCUT2D eigenvalue weighted by molar-refractivity contribution is 6.12. The number of rotatable bonds is 10. The number of aliphatic imine (C=N–C) groups is 1. The molecule has 18 heteroatoms. The Kier molecular flexibility index (Phi) is 13.4. The molecule has 0 aliphatic carbocycles. The number of nitrogen functional groups attached to an aromatic ring is 2. The third kappa shape index (κ3) is 10.7. The Morgan fingerprint density at radius 2 is 0.953 bits per heavy atom. The molecule has 1 amide bonds. The van der Waals surface area contributed by atoms with Gasteiger partial charge in [0.05, 0.1) is 32.7 Å². The van der Waals surface area contributed by atoms with Crippen LogP contribution in [0.15, 0.2) is 154 Å². The second-order valence-corrected chi connectivity index (χ2v) is 13.4. The molecule has 6 aromatic carbocycles. The highest BCUT2D eigenvalue weighted by atomic mass is 16.5. The molecule has 0 saturated heterocycles. The predicted molar refractivity (Wildman–Crippen MR) is 236 cm³/mol. The molecule has 0 spiro atoms. The van der Waals surface area contributed by atoms with Gasteiger partial charge in [-0.05, 0) is 116 Å². The minimum Gasteiger partial charge on any atom is -0.478 e. The van der Waals surface area contributed by atoms with Gasteiger partial charge in [0.2, 0.25) is 0 Å². The van der Waals surface area contributed by atoms with E-state index in [1.165, 1.54) is 7.05 Å². The van der Waals surface area contributed by atoms with Crippen LogP contribution in [0.5, 0.6) is 28.7 Å². The van der Waals surface area contributed by atoms with Crippen LogP contribution in [0.3, 0.4) is 0 Å². The van der Waals surface area contributed by atoms with Crippen molar-refractivity contribution in [2.45, 2.75) is 6.92 Å². The van der Waals surface area contributed by atoms with Crippen LogP contribution in [-0.2, 0) is 0 Å². The van der Waals surface area contributed by atoms with E-state index in [1.807, 2.05) is 55.5 Å². The summed E-state index contributed by atoms with van der Waals surface area (Å²) in [5.74, 6) is -1.15. The topological polar surface area (TPSA) is 290 Å². The summed E-state index contributed by atoms with van der Waals surface area (Å²) in [4.78, 5) is 84.4. The number of nitrogens with two attached hydrogens (primary N) is 2. The van der Waals surface area contributed by atoms with Gasteiger partial charge in [-0.25, -0.2) is 28.8 Å². The van der Waals surface area contributed by atoms with Crippen LogP contribution in [0.2, 0.25) is 0 Å². The van der Waals surface area contributed by atoms with Crippen molar-refractivity contribution in [3.05, 3.63) is 185 Å². The zero-order valence-electron chi connectivity index (χ0n) is 33.5. The summed E-state index contributed by atoms with van der Waals surface area (Å²) >= 11 is 0. The Hall–Kier alpha value is -9.32. The van der Waals surface area contributed by atoms with E-state index in [1.54, 1.807) is 48.5 Å². The van der Waals surface area contributed by atoms with Gasteiger partial charge in [0.1, 0.15) is 34.3 Å². The van der Waals surface area contributed by atoms with Crippen LogP contribution in [0.4, 0.5) is 17.1 Å². The Morgan fingerprint density at radius 1 is 0.562 bits per heavy atom. The Labute approximate surface area is 359 Å². The number of hydrogen-bond acceptors (Lipinski definition) is 15. The molecule has 0 fully saturated rings. The number of nitrogens with one attached hydrogen (secondary N) is 1. The zero-order chi connectivity index (χ0) is 46.1. The van der Waals surface area contributed by atoms with Crippen LogP contribution in [0.1, 0.15) is 36.6 Å². The number of fused-ring (bicyclic) bond motifs is 2. The molecule has 8 rings (SSSR count). The number of anilines is 3. The van der Waals surface area contributed by atoms with Gasteiger partial charge in [0.15, 0.2) is 6.40 Å². The molecule has 0 atom stereocenters. The van der Waals surface area contributed by atoms with Crippen molar-refractivity contribution in [3.8, 4) is 28.7 Å². The van der Waals surface area contributed by atoms with Gasteiger partial charge in [-0.15, -0.1) is 0 Å². The smallest absolute Gasteiger partial charge is 0.346 e. The first kappa shape index (κ1) is 44.2. The highest BCUT2D eigenvalue weighted by Crippen LogP contribution is 2.27. The number of carbonyl (C=O) groups excluding carboxylic acids is 1. The lowest BCUT2D eigenvalue weighted by Crippen LogP contribution is -2.18.